The summed E-state index contributed by atoms with van der Waals surface area (Å²) in [7, 11) is 0. The number of hydrogen-bond donors (Lipinski definition) is 2. The molecule has 0 radical (unpaired) electrons. The number of aliphatic hydroxyl groups excluding tert-OH is 1. The highest BCUT2D eigenvalue weighted by Crippen LogP contribution is 2.39. The number of hydrogen-bond acceptors (Lipinski definition) is 7. The second-order valence-electron chi connectivity index (χ2n) is 9.84. The number of pyridine rings is 1. The van der Waals surface area contributed by atoms with Crippen molar-refractivity contribution in [3.8, 4) is 11.4 Å². The molecule has 7 nitrogen and oxygen atoms in total. The number of aliphatic hydroxyl groups is 1. The molecule has 1 aliphatic rings. The van der Waals surface area contributed by atoms with Crippen molar-refractivity contribution in [1.82, 2.24) is 15.0 Å². The van der Waals surface area contributed by atoms with E-state index in [4.69, 9.17) is 10.5 Å². The third kappa shape index (κ3) is 5.27. The van der Waals surface area contributed by atoms with Crippen LogP contribution in [0.5, 0.6) is 0 Å². The molecule has 1 aromatic carbocycles. The molecule has 3 N–H and O–H groups in total. The SMILES string of the molecule is CC(C)(C)[C@H]1O[C@@H](c2ccncc2CC(=O)c2ccnc(-c3c(F)cccc3F)n2)C[C@@H](N)[C@@H]1O. The van der Waals surface area contributed by atoms with Gasteiger partial charge in [0.15, 0.2) is 11.6 Å². The van der Waals surface area contributed by atoms with Crippen LogP contribution in [-0.4, -0.2) is 44.1 Å². The van der Waals surface area contributed by atoms with E-state index >= 15 is 0 Å². The van der Waals surface area contributed by atoms with Gasteiger partial charge in [0.1, 0.15) is 17.3 Å². The van der Waals surface area contributed by atoms with E-state index in [-0.39, 0.29) is 34.7 Å². The molecule has 1 fully saturated rings. The van der Waals surface area contributed by atoms with Crippen LogP contribution in [0.3, 0.4) is 0 Å². The Labute approximate surface area is 202 Å². The summed E-state index contributed by atoms with van der Waals surface area (Å²) in [5, 5.41) is 10.6. The Morgan fingerprint density at radius 2 is 1.89 bits per heavy atom. The van der Waals surface area contributed by atoms with E-state index in [1.807, 2.05) is 20.8 Å². The first kappa shape index (κ1) is 25.0. The van der Waals surface area contributed by atoms with E-state index in [1.54, 1.807) is 18.5 Å². The molecule has 3 heterocycles. The van der Waals surface area contributed by atoms with Crippen molar-refractivity contribution in [2.75, 3.05) is 0 Å². The fraction of sp³-hybridized carbons (Fsp3) is 0.385. The number of aromatic nitrogens is 3. The van der Waals surface area contributed by atoms with E-state index < -0.39 is 36.0 Å². The number of ketones is 1. The van der Waals surface area contributed by atoms with Crippen molar-refractivity contribution >= 4 is 5.78 Å². The zero-order chi connectivity index (χ0) is 25.3. The molecule has 0 unspecified atom stereocenters. The van der Waals surface area contributed by atoms with Crippen molar-refractivity contribution in [2.45, 2.75) is 58.0 Å². The number of benzene rings is 1. The van der Waals surface area contributed by atoms with E-state index in [0.29, 0.717) is 12.0 Å². The largest absolute Gasteiger partial charge is 0.389 e. The number of carbonyl (C=O) groups excluding carboxylic acids is 1. The average Bonchev–Trinajstić information content (AvgIpc) is 2.80. The Balaban J connectivity index is 1.61. The van der Waals surface area contributed by atoms with Gasteiger partial charge in [0.25, 0.3) is 0 Å². The van der Waals surface area contributed by atoms with Gasteiger partial charge in [-0.3, -0.25) is 9.78 Å². The molecule has 35 heavy (non-hydrogen) atoms. The van der Waals surface area contributed by atoms with Crippen LogP contribution in [-0.2, 0) is 11.2 Å². The first-order valence-corrected chi connectivity index (χ1v) is 11.4. The maximum absolute atomic E-state index is 14.2. The Morgan fingerprint density at radius 3 is 2.57 bits per heavy atom. The Morgan fingerprint density at radius 1 is 1.17 bits per heavy atom. The molecule has 0 aliphatic carbocycles. The van der Waals surface area contributed by atoms with Crippen LogP contribution in [0.1, 0.15) is 54.9 Å². The molecular weight excluding hydrogens is 454 g/mol. The molecule has 0 bridgehead atoms. The maximum Gasteiger partial charge on any atom is 0.185 e. The van der Waals surface area contributed by atoms with E-state index in [2.05, 4.69) is 15.0 Å². The lowest BCUT2D eigenvalue weighted by atomic mass is 9.79. The molecule has 1 saturated heterocycles. The Hall–Kier alpha value is -3.14. The highest BCUT2D eigenvalue weighted by atomic mass is 19.1. The lowest BCUT2D eigenvalue weighted by Gasteiger charge is -2.44. The Kier molecular flexibility index (Phi) is 7.02. The van der Waals surface area contributed by atoms with Crippen LogP contribution >= 0.6 is 0 Å². The van der Waals surface area contributed by atoms with Crippen LogP contribution in [0, 0.1) is 17.0 Å². The van der Waals surface area contributed by atoms with Crippen molar-refractivity contribution < 1.29 is 23.4 Å². The van der Waals surface area contributed by atoms with Gasteiger partial charge in [0.05, 0.1) is 23.9 Å². The van der Waals surface area contributed by atoms with E-state index in [9.17, 15) is 18.7 Å². The van der Waals surface area contributed by atoms with Crippen LogP contribution in [0.25, 0.3) is 11.4 Å². The lowest BCUT2D eigenvalue weighted by molar-refractivity contribution is -0.167. The fourth-order valence-corrected chi connectivity index (χ4v) is 4.35. The summed E-state index contributed by atoms with van der Waals surface area (Å²) in [4.78, 5) is 25.4. The number of halogens is 2. The minimum Gasteiger partial charge on any atom is -0.389 e. The van der Waals surface area contributed by atoms with Gasteiger partial charge < -0.3 is 15.6 Å². The van der Waals surface area contributed by atoms with Crippen molar-refractivity contribution in [3.63, 3.8) is 0 Å². The number of ether oxygens (including phenoxy) is 1. The van der Waals surface area contributed by atoms with Gasteiger partial charge in [-0.05, 0) is 47.2 Å². The second kappa shape index (κ2) is 9.85. The van der Waals surface area contributed by atoms with Gasteiger partial charge >= 0.3 is 0 Å². The van der Waals surface area contributed by atoms with Crippen LogP contribution in [0.4, 0.5) is 8.78 Å². The monoisotopic (exact) mass is 482 g/mol. The predicted molar refractivity (Wildman–Crippen MR) is 125 cm³/mol. The summed E-state index contributed by atoms with van der Waals surface area (Å²) in [5.74, 6) is -2.20. The average molecular weight is 483 g/mol. The molecular formula is C26H28F2N4O3. The molecule has 1 aliphatic heterocycles. The summed E-state index contributed by atoms with van der Waals surface area (Å²) in [5.41, 5.74) is 6.90. The lowest BCUT2D eigenvalue weighted by Crippen LogP contribution is -2.54. The third-order valence-electron chi connectivity index (χ3n) is 6.17. The minimum absolute atomic E-state index is 0.0247. The molecule has 0 spiro atoms. The van der Waals surface area contributed by atoms with Gasteiger partial charge in [-0.2, -0.15) is 0 Å². The quantitative estimate of drug-likeness (QED) is 0.532. The summed E-state index contributed by atoms with van der Waals surface area (Å²) in [6.07, 6.45) is 3.07. The first-order chi connectivity index (χ1) is 16.6. The van der Waals surface area contributed by atoms with Crippen LogP contribution in [0.15, 0.2) is 48.9 Å². The number of carbonyl (C=O) groups is 1. The van der Waals surface area contributed by atoms with Gasteiger partial charge in [0, 0.05) is 31.1 Å². The number of nitrogens with zero attached hydrogens (tertiary/aromatic N) is 3. The molecule has 2 aromatic heterocycles. The third-order valence-corrected chi connectivity index (χ3v) is 6.17. The smallest absolute Gasteiger partial charge is 0.185 e. The number of rotatable bonds is 5. The highest BCUT2D eigenvalue weighted by molar-refractivity contribution is 5.96. The summed E-state index contributed by atoms with van der Waals surface area (Å²) >= 11 is 0. The van der Waals surface area contributed by atoms with Gasteiger partial charge in [-0.15, -0.1) is 0 Å². The maximum atomic E-state index is 14.2. The van der Waals surface area contributed by atoms with Crippen molar-refractivity contribution in [1.29, 1.82) is 0 Å². The van der Waals surface area contributed by atoms with E-state index in [0.717, 1.165) is 17.7 Å². The summed E-state index contributed by atoms with van der Waals surface area (Å²) in [6, 6.07) is 6.14. The molecule has 3 aromatic rings. The fourth-order valence-electron chi connectivity index (χ4n) is 4.35. The number of nitrogens with two attached hydrogens (primary N) is 1. The van der Waals surface area contributed by atoms with Crippen molar-refractivity contribution in [3.05, 3.63) is 77.4 Å². The van der Waals surface area contributed by atoms with Crippen LogP contribution in [0.2, 0.25) is 0 Å². The molecule has 0 amide bonds. The standard InChI is InChI=1S/C26H28F2N4O3/c1-26(2,3)24-23(34)18(29)12-21(35-24)15-7-9-30-13-14(15)11-20(33)19-8-10-31-25(32-19)22-16(27)5-4-6-17(22)28/h4-10,13,18,21,23-24,34H,11-12,29H2,1-3H3/t18-,21-,23+,24+/m1/s1. The first-order valence-electron chi connectivity index (χ1n) is 11.4. The normalized spacial score (nSPS) is 22.7. The zero-order valence-corrected chi connectivity index (χ0v) is 19.8. The molecule has 4 rings (SSSR count). The van der Waals surface area contributed by atoms with E-state index in [1.165, 1.54) is 18.3 Å². The molecule has 0 saturated carbocycles. The summed E-state index contributed by atoms with van der Waals surface area (Å²) < 4.78 is 34.7. The molecule has 184 valence electrons. The topological polar surface area (TPSA) is 111 Å². The predicted octanol–water partition coefficient (Wildman–Crippen LogP) is 3.81. The highest BCUT2D eigenvalue weighted by Gasteiger charge is 2.42. The summed E-state index contributed by atoms with van der Waals surface area (Å²) in [6.45, 7) is 5.91. The molecule has 9 heteroatoms. The van der Waals surface area contributed by atoms with Gasteiger partial charge in [0.2, 0.25) is 0 Å². The minimum atomic E-state index is -0.814. The zero-order valence-electron chi connectivity index (χ0n) is 19.8. The number of Topliss-reactive ketones (excluding diaryl/α,β-unsaturated/α-hetero) is 1. The van der Waals surface area contributed by atoms with Gasteiger partial charge in [-0.25, -0.2) is 18.7 Å². The van der Waals surface area contributed by atoms with Crippen molar-refractivity contribution in [2.24, 2.45) is 11.1 Å². The molecule has 4 atom stereocenters. The van der Waals surface area contributed by atoms with Crippen LogP contribution < -0.4 is 5.73 Å². The Bertz CT molecular complexity index is 1210. The van der Waals surface area contributed by atoms with Gasteiger partial charge in [-0.1, -0.05) is 26.8 Å². The second-order valence-corrected chi connectivity index (χ2v) is 9.84.